The van der Waals surface area contributed by atoms with Crippen LogP contribution in [0.5, 0.6) is 0 Å². The summed E-state index contributed by atoms with van der Waals surface area (Å²) in [4.78, 5) is 39.9. The summed E-state index contributed by atoms with van der Waals surface area (Å²) in [6.07, 6.45) is 6.19. The van der Waals surface area contributed by atoms with Crippen LogP contribution in [-0.4, -0.2) is 36.3 Å². The lowest BCUT2D eigenvalue weighted by Gasteiger charge is -2.32. The summed E-state index contributed by atoms with van der Waals surface area (Å²) in [5, 5.41) is 6.16. The molecule has 0 spiro atoms. The number of hydrogen-bond acceptors (Lipinski definition) is 4. The average Bonchev–Trinajstić information content (AvgIpc) is 3.22. The van der Waals surface area contributed by atoms with Crippen LogP contribution in [0.4, 0.5) is 5.69 Å². The summed E-state index contributed by atoms with van der Waals surface area (Å²) in [7, 11) is 0. The van der Waals surface area contributed by atoms with Crippen LogP contribution >= 0.6 is 22.9 Å². The van der Waals surface area contributed by atoms with Crippen LogP contribution < -0.4 is 15.5 Å². The molecule has 4 rings (SSSR count). The second-order valence-electron chi connectivity index (χ2n) is 8.10. The van der Waals surface area contributed by atoms with Crippen molar-refractivity contribution in [1.29, 1.82) is 0 Å². The Bertz CT molecular complexity index is 959. The Balaban J connectivity index is 1.39. The van der Waals surface area contributed by atoms with Gasteiger partial charge in [-0.2, -0.15) is 0 Å². The molecule has 6 nitrogen and oxygen atoms in total. The van der Waals surface area contributed by atoms with Crippen molar-refractivity contribution in [3.63, 3.8) is 0 Å². The van der Waals surface area contributed by atoms with E-state index < -0.39 is 0 Å². The molecule has 0 bridgehead atoms. The minimum atomic E-state index is -0.165. The van der Waals surface area contributed by atoms with Gasteiger partial charge in [0.1, 0.15) is 0 Å². The zero-order valence-corrected chi connectivity index (χ0v) is 18.8. The van der Waals surface area contributed by atoms with Crippen molar-refractivity contribution in [1.82, 2.24) is 10.6 Å². The molecule has 2 unspecified atom stereocenters. The van der Waals surface area contributed by atoms with Crippen LogP contribution in [-0.2, 0) is 4.79 Å². The molecule has 164 valence electrons. The number of amides is 3. The predicted molar refractivity (Wildman–Crippen MR) is 123 cm³/mol. The van der Waals surface area contributed by atoms with Gasteiger partial charge in [0.15, 0.2) is 0 Å². The van der Waals surface area contributed by atoms with Gasteiger partial charge in [-0.3, -0.25) is 14.4 Å². The minimum absolute atomic E-state index is 0.115. The SMILES string of the molecule is O=C(NC1CCCCC1NC(=O)c1ccc(Cl)s1)c1ccc(N2CCCCC2=O)cc1. The van der Waals surface area contributed by atoms with Crippen LogP contribution in [0.2, 0.25) is 4.34 Å². The van der Waals surface area contributed by atoms with Gasteiger partial charge < -0.3 is 15.5 Å². The molecular formula is C23H26ClN3O3S. The molecule has 1 aromatic heterocycles. The largest absolute Gasteiger partial charge is 0.347 e. The highest BCUT2D eigenvalue weighted by Gasteiger charge is 2.29. The molecule has 1 aliphatic heterocycles. The predicted octanol–water partition coefficient (Wildman–Crippen LogP) is 4.39. The third-order valence-corrected chi connectivity index (χ3v) is 7.19. The monoisotopic (exact) mass is 459 g/mol. The number of halogens is 1. The third-order valence-electron chi connectivity index (χ3n) is 5.96. The first-order valence-corrected chi connectivity index (χ1v) is 12.0. The van der Waals surface area contributed by atoms with Gasteiger partial charge >= 0.3 is 0 Å². The second-order valence-corrected chi connectivity index (χ2v) is 9.81. The molecule has 2 aromatic rings. The van der Waals surface area contributed by atoms with Crippen LogP contribution in [0.25, 0.3) is 0 Å². The Labute approximate surface area is 191 Å². The van der Waals surface area contributed by atoms with Crippen molar-refractivity contribution in [2.24, 2.45) is 0 Å². The number of nitrogens with one attached hydrogen (secondary N) is 2. The highest BCUT2D eigenvalue weighted by Crippen LogP contribution is 2.24. The van der Waals surface area contributed by atoms with E-state index in [4.69, 9.17) is 11.6 Å². The van der Waals surface area contributed by atoms with E-state index in [2.05, 4.69) is 10.6 Å². The molecule has 31 heavy (non-hydrogen) atoms. The lowest BCUT2D eigenvalue weighted by atomic mass is 9.90. The fraction of sp³-hybridized carbons (Fsp3) is 0.435. The molecule has 3 amide bonds. The van der Waals surface area contributed by atoms with Gasteiger partial charge in [0.05, 0.1) is 9.21 Å². The van der Waals surface area contributed by atoms with E-state index in [9.17, 15) is 14.4 Å². The first kappa shape index (κ1) is 21.8. The van der Waals surface area contributed by atoms with Crippen molar-refractivity contribution in [3.05, 3.63) is 51.2 Å². The fourth-order valence-corrected chi connectivity index (χ4v) is 5.22. The lowest BCUT2D eigenvalue weighted by Crippen LogP contribution is -2.53. The summed E-state index contributed by atoms with van der Waals surface area (Å²) < 4.78 is 0.577. The maximum Gasteiger partial charge on any atom is 0.261 e. The number of carbonyl (C=O) groups excluding carboxylic acids is 3. The number of benzene rings is 1. The van der Waals surface area contributed by atoms with E-state index in [-0.39, 0.29) is 29.8 Å². The summed E-state index contributed by atoms with van der Waals surface area (Å²) in [5.41, 5.74) is 1.38. The highest BCUT2D eigenvalue weighted by atomic mass is 35.5. The third kappa shape index (κ3) is 5.28. The molecule has 1 aliphatic carbocycles. The maximum absolute atomic E-state index is 12.8. The summed E-state index contributed by atoms with van der Waals surface area (Å²) in [6, 6.07) is 10.4. The molecule has 1 saturated heterocycles. The molecule has 8 heteroatoms. The summed E-state index contributed by atoms with van der Waals surface area (Å²) >= 11 is 7.19. The van der Waals surface area contributed by atoms with Crippen LogP contribution in [0.3, 0.4) is 0 Å². The zero-order valence-electron chi connectivity index (χ0n) is 17.2. The quantitative estimate of drug-likeness (QED) is 0.696. The van der Waals surface area contributed by atoms with Gasteiger partial charge in [-0.05, 0) is 62.1 Å². The normalized spacial score (nSPS) is 21.6. The number of thiophene rings is 1. The maximum atomic E-state index is 12.8. The van der Waals surface area contributed by atoms with Gasteiger partial charge in [-0.1, -0.05) is 24.4 Å². The van der Waals surface area contributed by atoms with E-state index in [0.29, 0.717) is 21.2 Å². The minimum Gasteiger partial charge on any atom is -0.347 e. The number of hydrogen-bond donors (Lipinski definition) is 2. The van der Waals surface area contributed by atoms with Gasteiger partial charge in [0.25, 0.3) is 11.8 Å². The van der Waals surface area contributed by atoms with E-state index in [1.54, 1.807) is 29.2 Å². The summed E-state index contributed by atoms with van der Waals surface area (Å²) in [6.45, 7) is 0.725. The molecular weight excluding hydrogens is 434 g/mol. The van der Waals surface area contributed by atoms with E-state index in [1.165, 1.54) is 11.3 Å². The standard InChI is InChI=1S/C23H26ClN3O3S/c24-20-13-12-19(31-20)23(30)26-18-6-2-1-5-17(18)25-22(29)15-8-10-16(11-9-15)27-14-4-3-7-21(27)28/h8-13,17-18H,1-7,14H2,(H,25,29)(H,26,30). The lowest BCUT2D eigenvalue weighted by molar-refractivity contribution is -0.119. The number of carbonyl (C=O) groups is 3. The average molecular weight is 460 g/mol. The molecule has 1 saturated carbocycles. The van der Waals surface area contributed by atoms with Crippen molar-refractivity contribution in [2.75, 3.05) is 11.4 Å². The van der Waals surface area contributed by atoms with Gasteiger partial charge in [-0.15, -0.1) is 11.3 Å². The molecule has 2 aliphatic rings. The Kier molecular flexibility index (Phi) is 6.92. The number of anilines is 1. The van der Waals surface area contributed by atoms with Crippen LogP contribution in [0.15, 0.2) is 36.4 Å². The first-order chi connectivity index (χ1) is 15.0. The van der Waals surface area contributed by atoms with Gasteiger partial charge in [0, 0.05) is 36.3 Å². The molecule has 2 N–H and O–H groups in total. The Morgan fingerprint density at radius 2 is 1.58 bits per heavy atom. The molecule has 1 aromatic carbocycles. The fourth-order valence-electron chi connectivity index (χ4n) is 4.28. The molecule has 2 fully saturated rings. The zero-order chi connectivity index (χ0) is 21.8. The molecule has 2 heterocycles. The smallest absolute Gasteiger partial charge is 0.261 e. The first-order valence-electron chi connectivity index (χ1n) is 10.8. The number of piperidine rings is 1. The van der Waals surface area contributed by atoms with Crippen molar-refractivity contribution < 1.29 is 14.4 Å². The van der Waals surface area contributed by atoms with E-state index in [1.807, 2.05) is 12.1 Å². The van der Waals surface area contributed by atoms with Crippen molar-refractivity contribution >= 4 is 46.3 Å². The topological polar surface area (TPSA) is 78.5 Å². The Morgan fingerprint density at radius 1 is 0.903 bits per heavy atom. The van der Waals surface area contributed by atoms with Crippen LogP contribution in [0.1, 0.15) is 65.0 Å². The molecule has 2 atom stereocenters. The van der Waals surface area contributed by atoms with Gasteiger partial charge in [-0.25, -0.2) is 0 Å². The van der Waals surface area contributed by atoms with Crippen molar-refractivity contribution in [2.45, 2.75) is 57.0 Å². The second kappa shape index (κ2) is 9.83. The number of rotatable bonds is 5. The highest BCUT2D eigenvalue weighted by molar-refractivity contribution is 7.18. The Hall–Kier alpha value is -2.38. The molecule has 0 radical (unpaired) electrons. The summed E-state index contributed by atoms with van der Waals surface area (Å²) in [5.74, 6) is -0.184. The van der Waals surface area contributed by atoms with Gasteiger partial charge in [0.2, 0.25) is 5.91 Å². The van der Waals surface area contributed by atoms with Crippen LogP contribution in [0, 0.1) is 0 Å². The van der Waals surface area contributed by atoms with E-state index in [0.717, 1.165) is 50.8 Å². The number of nitrogens with zero attached hydrogens (tertiary/aromatic N) is 1. The Morgan fingerprint density at radius 3 is 2.19 bits per heavy atom. The van der Waals surface area contributed by atoms with E-state index >= 15 is 0 Å². The van der Waals surface area contributed by atoms with Crippen molar-refractivity contribution in [3.8, 4) is 0 Å².